The molecule has 2 aromatic heterocycles. The van der Waals surface area contributed by atoms with Crippen LogP contribution in [0.15, 0.2) is 60.7 Å². The molecule has 10 rings (SSSR count). The number of aryl methyl sites for hydroxylation is 4. The monoisotopic (exact) mass is 1080 g/mol. The molecule has 0 saturated carbocycles. The molecule has 2 unspecified atom stereocenters. The molecular weight excluding hydrogens is 997 g/mol. The molecule has 0 spiro atoms. The van der Waals surface area contributed by atoms with Gasteiger partial charge in [-0.05, 0) is 185 Å². The Bertz CT molecular complexity index is 2500. The third-order valence-corrected chi connectivity index (χ3v) is 15.9. The van der Waals surface area contributed by atoms with Gasteiger partial charge in [-0.2, -0.15) is 10.5 Å². The van der Waals surface area contributed by atoms with Crippen molar-refractivity contribution in [2.75, 3.05) is 76.3 Å². The van der Waals surface area contributed by atoms with Crippen LogP contribution in [0.25, 0.3) is 0 Å². The Labute approximate surface area is 470 Å². The van der Waals surface area contributed by atoms with E-state index < -0.39 is 24.0 Å². The number of benzene rings is 2. The summed E-state index contributed by atoms with van der Waals surface area (Å²) in [6.45, 7) is 7.15. The van der Waals surface area contributed by atoms with Gasteiger partial charge >= 0.3 is 11.9 Å². The van der Waals surface area contributed by atoms with Gasteiger partial charge in [0.1, 0.15) is 23.7 Å². The molecule has 6 aliphatic rings. The van der Waals surface area contributed by atoms with E-state index in [1.165, 1.54) is 24.0 Å². The molecule has 0 bridgehead atoms. The first-order valence-electron chi connectivity index (χ1n) is 28.2. The van der Waals surface area contributed by atoms with Gasteiger partial charge in [-0.15, -0.1) is 0 Å². The third-order valence-electron chi connectivity index (χ3n) is 15.9. The number of aromatic nitrogens is 2. The number of nitrogens with one attached hydrogen (secondary N) is 2. The Morgan fingerprint density at radius 1 is 0.608 bits per heavy atom. The number of rotatable bonds is 20. The van der Waals surface area contributed by atoms with Gasteiger partial charge in [-0.25, -0.2) is 9.97 Å². The van der Waals surface area contributed by atoms with E-state index in [0.717, 1.165) is 161 Å². The summed E-state index contributed by atoms with van der Waals surface area (Å²) in [5.41, 5.74) is 9.08. The molecule has 6 atom stereocenters. The van der Waals surface area contributed by atoms with Crippen LogP contribution in [0.4, 0.5) is 11.6 Å². The van der Waals surface area contributed by atoms with Crippen LogP contribution in [0.1, 0.15) is 192 Å². The second-order valence-corrected chi connectivity index (χ2v) is 21.3. The first-order valence-corrected chi connectivity index (χ1v) is 28.2. The number of unbranched alkanes of at least 4 members (excludes halogenated alkanes) is 2. The number of anilines is 2. The second kappa shape index (κ2) is 31.1. The number of ether oxygens (including phenoxy) is 4. The quantitative estimate of drug-likeness (QED) is 0.0605. The molecule has 0 radical (unpaired) electrons. The van der Waals surface area contributed by atoms with Crippen molar-refractivity contribution in [1.29, 1.82) is 10.5 Å². The van der Waals surface area contributed by atoms with Crippen LogP contribution < -0.4 is 10.6 Å². The number of nitriles is 2. The number of fused-ring (bicyclic) bond motifs is 2. The summed E-state index contributed by atoms with van der Waals surface area (Å²) in [5, 5.41) is 46.2. The fourth-order valence-corrected chi connectivity index (χ4v) is 11.9. The molecule has 16 heteroatoms. The summed E-state index contributed by atoms with van der Waals surface area (Å²) in [6.07, 6.45) is 17.5. The van der Waals surface area contributed by atoms with Gasteiger partial charge in [0.05, 0.1) is 47.7 Å². The average Bonchev–Trinajstić information content (AvgIpc) is 4.17. The summed E-state index contributed by atoms with van der Waals surface area (Å²) in [4.78, 5) is 38.6. The SMILES string of the molecule is C.C.C.N#Cc1ccc([C@@H](C(=O)O)N2CC[C@@H](OCCCCc3ccc4c(n3)NCCC4)C2)c(C2CCCCO2)c1.N#Cc1ccc([C@H](C(=O)O)N2CC[C@@H](OCCCCc3ccc4c(n3)NCCC4)C2)c(C2CCCCO2)c1. The van der Waals surface area contributed by atoms with Crippen LogP contribution in [-0.4, -0.2) is 120 Å². The van der Waals surface area contributed by atoms with E-state index >= 15 is 0 Å². The van der Waals surface area contributed by atoms with Crippen LogP contribution in [0.5, 0.6) is 0 Å². The number of hydrogen-bond donors (Lipinski definition) is 4. The normalized spacial score (nSPS) is 21.4. The molecule has 79 heavy (non-hydrogen) atoms. The maximum Gasteiger partial charge on any atom is 0.325 e. The van der Waals surface area contributed by atoms with E-state index in [1.807, 2.05) is 34.1 Å². The van der Waals surface area contributed by atoms with Crippen molar-refractivity contribution in [3.63, 3.8) is 0 Å². The molecule has 4 fully saturated rings. The molecule has 428 valence electrons. The fraction of sp³-hybridized carbons (Fsp3) is 0.587. The number of nitrogens with zero attached hydrogens (tertiary/aromatic N) is 6. The highest BCUT2D eigenvalue weighted by Crippen LogP contribution is 2.39. The maximum atomic E-state index is 12.5. The predicted molar refractivity (Wildman–Crippen MR) is 308 cm³/mol. The van der Waals surface area contributed by atoms with E-state index in [4.69, 9.17) is 28.9 Å². The van der Waals surface area contributed by atoms with Crippen molar-refractivity contribution in [3.05, 3.63) is 117 Å². The van der Waals surface area contributed by atoms with Gasteiger partial charge < -0.3 is 39.8 Å². The Kier molecular flexibility index (Phi) is 24.5. The minimum atomic E-state index is -0.876. The van der Waals surface area contributed by atoms with Crippen molar-refractivity contribution in [2.45, 2.75) is 174 Å². The Morgan fingerprint density at radius 3 is 1.44 bits per heavy atom. The van der Waals surface area contributed by atoms with Crippen LogP contribution in [0.3, 0.4) is 0 Å². The molecule has 8 heterocycles. The number of carbonyl (C=O) groups is 2. The topological polar surface area (TPSA) is 215 Å². The van der Waals surface area contributed by atoms with Gasteiger partial charge in [0, 0.05) is 77.1 Å². The molecule has 16 nitrogen and oxygen atoms in total. The molecule has 0 aliphatic carbocycles. The van der Waals surface area contributed by atoms with Crippen LogP contribution in [0.2, 0.25) is 0 Å². The first kappa shape index (κ1) is 62.2. The number of likely N-dealkylation sites (tertiary alicyclic amines) is 2. The molecule has 4 saturated heterocycles. The summed E-state index contributed by atoms with van der Waals surface area (Å²) in [6, 6.07) is 22.2. The van der Waals surface area contributed by atoms with Gasteiger partial charge in [-0.1, -0.05) is 46.5 Å². The highest BCUT2D eigenvalue weighted by atomic mass is 16.5. The highest BCUT2D eigenvalue weighted by Gasteiger charge is 2.38. The van der Waals surface area contributed by atoms with E-state index in [1.54, 1.807) is 12.1 Å². The van der Waals surface area contributed by atoms with E-state index in [2.05, 4.69) is 47.0 Å². The summed E-state index contributed by atoms with van der Waals surface area (Å²) >= 11 is 0. The van der Waals surface area contributed by atoms with E-state index in [0.29, 0.717) is 63.7 Å². The lowest BCUT2D eigenvalue weighted by molar-refractivity contribution is -0.144. The Hall–Kier alpha value is -5.98. The number of carboxylic acid groups (broad SMARTS) is 2. The smallest absolute Gasteiger partial charge is 0.325 e. The zero-order valence-corrected chi connectivity index (χ0v) is 44.1. The Morgan fingerprint density at radius 2 is 1.05 bits per heavy atom. The van der Waals surface area contributed by atoms with Crippen molar-refractivity contribution in [3.8, 4) is 12.1 Å². The minimum absolute atomic E-state index is 0. The maximum absolute atomic E-state index is 12.5. The molecule has 4 aromatic rings. The molecule has 0 amide bonds. The van der Waals surface area contributed by atoms with E-state index in [9.17, 15) is 30.3 Å². The molecule has 2 aromatic carbocycles. The number of pyridine rings is 2. The third kappa shape index (κ3) is 16.6. The number of aliphatic carboxylic acids is 2. The van der Waals surface area contributed by atoms with Crippen molar-refractivity contribution in [2.24, 2.45) is 0 Å². The zero-order valence-electron chi connectivity index (χ0n) is 44.1. The highest BCUT2D eigenvalue weighted by molar-refractivity contribution is 5.77. The Balaban J connectivity index is 0.000000246. The van der Waals surface area contributed by atoms with Gasteiger partial charge in [0.15, 0.2) is 0 Å². The van der Waals surface area contributed by atoms with Gasteiger partial charge in [0.2, 0.25) is 0 Å². The second-order valence-electron chi connectivity index (χ2n) is 21.3. The van der Waals surface area contributed by atoms with Crippen LogP contribution in [0, 0.1) is 22.7 Å². The van der Waals surface area contributed by atoms with Crippen molar-refractivity contribution in [1.82, 2.24) is 19.8 Å². The lowest BCUT2D eigenvalue weighted by Gasteiger charge is -2.30. The molecular formula is C63H88N8O8. The largest absolute Gasteiger partial charge is 0.480 e. The van der Waals surface area contributed by atoms with Gasteiger partial charge in [0.25, 0.3) is 0 Å². The van der Waals surface area contributed by atoms with Crippen molar-refractivity contribution >= 4 is 23.6 Å². The standard InChI is InChI=1S/2C30H38N4O4.3CH4/c2*31-19-21-9-12-25(26(18-21)27-8-2-4-17-38-27)28(30(35)36)34-15-13-24(20-34)37-16-3-1-7-23-11-10-22-6-5-14-32-29(22)33-23;;;/h2*9-12,18,24,27-28H,1-8,13-17,20H2,(H,32,33)(H,35,36);3*1H4/t24-,27?,28+;24-,27?,28-;;;/m11.../s1. The van der Waals surface area contributed by atoms with Crippen molar-refractivity contribution < 1.29 is 38.7 Å². The average molecular weight is 1090 g/mol. The summed E-state index contributed by atoms with van der Waals surface area (Å²) in [7, 11) is 0. The zero-order chi connectivity index (χ0) is 52.6. The number of hydrogen-bond acceptors (Lipinski definition) is 14. The number of carboxylic acids is 2. The first-order chi connectivity index (χ1) is 37.2. The van der Waals surface area contributed by atoms with E-state index in [-0.39, 0.29) is 46.7 Å². The van der Waals surface area contributed by atoms with Crippen LogP contribution >= 0.6 is 0 Å². The molecule has 4 N–H and O–H groups in total. The summed E-state index contributed by atoms with van der Waals surface area (Å²) in [5.74, 6) is 0.341. The molecule has 6 aliphatic heterocycles. The lowest BCUT2D eigenvalue weighted by Crippen LogP contribution is -2.34. The lowest BCUT2D eigenvalue weighted by atomic mass is 9.90. The van der Waals surface area contributed by atoms with Gasteiger partial charge in [-0.3, -0.25) is 19.4 Å². The predicted octanol–water partition coefficient (Wildman–Crippen LogP) is 11.5. The summed E-state index contributed by atoms with van der Waals surface area (Å²) < 4.78 is 24.4. The fourth-order valence-electron chi connectivity index (χ4n) is 11.9. The van der Waals surface area contributed by atoms with Crippen LogP contribution in [-0.2, 0) is 54.2 Å². The minimum Gasteiger partial charge on any atom is -0.480 e.